The van der Waals surface area contributed by atoms with Gasteiger partial charge in [0.25, 0.3) is 0 Å². The Balaban J connectivity index is 1.35. The summed E-state index contributed by atoms with van der Waals surface area (Å²) in [6, 6.07) is 15.7. The van der Waals surface area contributed by atoms with Gasteiger partial charge >= 0.3 is 0 Å². The number of rotatable bonds is 10. The van der Waals surface area contributed by atoms with Crippen molar-refractivity contribution in [3.8, 4) is 0 Å². The van der Waals surface area contributed by atoms with Crippen molar-refractivity contribution in [2.75, 3.05) is 26.2 Å². The van der Waals surface area contributed by atoms with E-state index in [1.54, 1.807) is 0 Å². The summed E-state index contributed by atoms with van der Waals surface area (Å²) in [7, 11) is 0. The molecule has 2 heterocycles. The standard InChI is InChI=1S/C25H36N4O/c26-13-4-5-15-29(24-12-6-10-21-11-7-14-27-25(21)24)18-22-16-23(17-28-22)30-19-20-8-2-1-3-9-20/h1-3,7-9,11,14,22-24,28H,4-6,10,12-13,15-19,26H2/t22-,23?,24?/m0/s1. The zero-order chi connectivity index (χ0) is 20.6. The quantitative estimate of drug-likeness (QED) is 0.590. The number of nitrogens with two attached hydrogens (primary N) is 1. The van der Waals surface area contributed by atoms with Gasteiger partial charge in [0.2, 0.25) is 0 Å². The number of unbranched alkanes of at least 4 members (excludes halogenated alkanes) is 1. The molecule has 0 spiro atoms. The summed E-state index contributed by atoms with van der Waals surface area (Å²) in [6.07, 6.45) is 9.16. The molecule has 1 saturated heterocycles. The molecule has 1 fully saturated rings. The highest BCUT2D eigenvalue weighted by Gasteiger charge is 2.31. The van der Waals surface area contributed by atoms with E-state index >= 15 is 0 Å². The fourth-order valence-corrected chi connectivity index (χ4v) is 4.89. The Morgan fingerprint density at radius 3 is 2.90 bits per heavy atom. The maximum Gasteiger partial charge on any atom is 0.0721 e. The molecule has 1 aromatic heterocycles. The Bertz CT molecular complexity index is 769. The van der Waals surface area contributed by atoms with Crippen LogP contribution >= 0.6 is 0 Å². The Morgan fingerprint density at radius 1 is 1.13 bits per heavy atom. The van der Waals surface area contributed by atoms with E-state index in [2.05, 4.69) is 46.6 Å². The molecule has 0 bridgehead atoms. The first kappa shape index (κ1) is 21.4. The largest absolute Gasteiger partial charge is 0.372 e. The summed E-state index contributed by atoms with van der Waals surface area (Å²) in [5.41, 5.74) is 9.75. The number of pyridine rings is 1. The third kappa shape index (κ3) is 5.67. The third-order valence-electron chi connectivity index (χ3n) is 6.47. The molecule has 1 aliphatic heterocycles. The minimum Gasteiger partial charge on any atom is -0.372 e. The van der Waals surface area contributed by atoms with Crippen LogP contribution in [0.25, 0.3) is 0 Å². The Labute approximate surface area is 181 Å². The monoisotopic (exact) mass is 408 g/mol. The predicted octanol–water partition coefficient (Wildman–Crippen LogP) is 3.45. The summed E-state index contributed by atoms with van der Waals surface area (Å²) in [5, 5.41) is 3.72. The van der Waals surface area contributed by atoms with E-state index in [-0.39, 0.29) is 6.10 Å². The van der Waals surface area contributed by atoms with Crippen LogP contribution in [-0.4, -0.2) is 48.2 Å². The van der Waals surface area contributed by atoms with E-state index < -0.39 is 0 Å². The van der Waals surface area contributed by atoms with Crippen LogP contribution in [0.5, 0.6) is 0 Å². The molecule has 2 aliphatic rings. The van der Waals surface area contributed by atoms with Crippen LogP contribution in [0.2, 0.25) is 0 Å². The van der Waals surface area contributed by atoms with Crippen LogP contribution in [0.15, 0.2) is 48.7 Å². The summed E-state index contributed by atoms with van der Waals surface area (Å²) in [6.45, 7) is 4.54. The number of hydrogen-bond acceptors (Lipinski definition) is 5. The third-order valence-corrected chi connectivity index (χ3v) is 6.47. The molecule has 1 aromatic carbocycles. The zero-order valence-electron chi connectivity index (χ0n) is 18.0. The number of fused-ring (bicyclic) bond motifs is 1. The van der Waals surface area contributed by atoms with Gasteiger partial charge in [0.05, 0.1) is 24.4 Å². The van der Waals surface area contributed by atoms with Crippen LogP contribution in [-0.2, 0) is 17.8 Å². The molecule has 2 aromatic rings. The van der Waals surface area contributed by atoms with Crippen molar-refractivity contribution in [1.29, 1.82) is 0 Å². The van der Waals surface area contributed by atoms with Crippen molar-refractivity contribution in [2.45, 2.75) is 63.3 Å². The SMILES string of the molecule is NCCCCN(C[C@@H]1CC(OCc2ccccc2)CN1)C1CCCc2cccnc21. The number of benzene rings is 1. The number of hydrogen-bond donors (Lipinski definition) is 2. The average molecular weight is 409 g/mol. The van der Waals surface area contributed by atoms with E-state index in [0.717, 1.165) is 51.9 Å². The maximum atomic E-state index is 6.19. The maximum absolute atomic E-state index is 6.19. The molecular weight excluding hydrogens is 372 g/mol. The molecule has 0 saturated carbocycles. The van der Waals surface area contributed by atoms with Gasteiger partial charge in [-0.1, -0.05) is 36.4 Å². The Hall–Kier alpha value is -1.79. The molecule has 1 aliphatic carbocycles. The second-order valence-corrected chi connectivity index (χ2v) is 8.71. The molecule has 30 heavy (non-hydrogen) atoms. The van der Waals surface area contributed by atoms with Gasteiger partial charge in [0, 0.05) is 25.3 Å². The van der Waals surface area contributed by atoms with Gasteiger partial charge in [-0.3, -0.25) is 9.88 Å². The zero-order valence-corrected chi connectivity index (χ0v) is 18.0. The smallest absolute Gasteiger partial charge is 0.0721 e. The molecule has 5 nitrogen and oxygen atoms in total. The van der Waals surface area contributed by atoms with Gasteiger partial charge in [-0.15, -0.1) is 0 Å². The number of aryl methyl sites for hydroxylation is 1. The summed E-state index contributed by atoms with van der Waals surface area (Å²) < 4.78 is 6.19. The second kappa shape index (κ2) is 11.0. The van der Waals surface area contributed by atoms with Gasteiger partial charge in [-0.2, -0.15) is 0 Å². The van der Waals surface area contributed by atoms with Crippen LogP contribution in [0.1, 0.15) is 55.0 Å². The van der Waals surface area contributed by atoms with E-state index in [4.69, 9.17) is 15.5 Å². The summed E-state index contributed by atoms with van der Waals surface area (Å²) >= 11 is 0. The highest BCUT2D eigenvalue weighted by atomic mass is 16.5. The summed E-state index contributed by atoms with van der Waals surface area (Å²) in [4.78, 5) is 7.46. The van der Waals surface area contributed by atoms with Gasteiger partial charge < -0.3 is 15.8 Å². The highest BCUT2D eigenvalue weighted by molar-refractivity contribution is 5.25. The number of nitrogens with zero attached hydrogens (tertiary/aromatic N) is 2. The number of aromatic nitrogens is 1. The second-order valence-electron chi connectivity index (χ2n) is 8.71. The lowest BCUT2D eigenvalue weighted by Gasteiger charge is -2.36. The van der Waals surface area contributed by atoms with Crippen molar-refractivity contribution in [2.24, 2.45) is 5.73 Å². The Kier molecular flexibility index (Phi) is 7.87. The van der Waals surface area contributed by atoms with Gasteiger partial charge in [-0.25, -0.2) is 0 Å². The van der Waals surface area contributed by atoms with Crippen molar-refractivity contribution in [3.63, 3.8) is 0 Å². The first-order valence-corrected chi connectivity index (χ1v) is 11.6. The normalized spacial score (nSPS) is 23.6. The Morgan fingerprint density at radius 2 is 2.03 bits per heavy atom. The van der Waals surface area contributed by atoms with Crippen LogP contribution in [0, 0.1) is 0 Å². The fourth-order valence-electron chi connectivity index (χ4n) is 4.89. The lowest BCUT2D eigenvalue weighted by atomic mass is 9.90. The molecule has 162 valence electrons. The molecular formula is C25H36N4O. The fraction of sp³-hybridized carbons (Fsp3) is 0.560. The topological polar surface area (TPSA) is 63.4 Å². The van der Waals surface area contributed by atoms with Crippen molar-refractivity contribution in [1.82, 2.24) is 15.2 Å². The molecule has 0 radical (unpaired) electrons. The highest BCUT2D eigenvalue weighted by Crippen LogP contribution is 2.33. The van der Waals surface area contributed by atoms with Crippen molar-refractivity contribution < 1.29 is 4.74 Å². The molecule has 2 unspecified atom stereocenters. The molecule has 0 amide bonds. The number of nitrogens with one attached hydrogen (secondary N) is 1. The van der Waals surface area contributed by atoms with Crippen LogP contribution in [0.3, 0.4) is 0 Å². The number of ether oxygens (including phenoxy) is 1. The van der Waals surface area contributed by atoms with Crippen LogP contribution in [0.4, 0.5) is 0 Å². The minimum absolute atomic E-state index is 0.290. The van der Waals surface area contributed by atoms with Crippen molar-refractivity contribution in [3.05, 3.63) is 65.5 Å². The lowest BCUT2D eigenvalue weighted by Crippen LogP contribution is -2.41. The van der Waals surface area contributed by atoms with Gasteiger partial charge in [0.1, 0.15) is 0 Å². The van der Waals surface area contributed by atoms with E-state index in [0.29, 0.717) is 18.7 Å². The predicted molar refractivity (Wildman–Crippen MR) is 121 cm³/mol. The average Bonchev–Trinajstić information content (AvgIpc) is 3.25. The lowest BCUT2D eigenvalue weighted by molar-refractivity contribution is 0.0509. The molecule has 3 N–H and O–H groups in total. The molecule has 4 rings (SSSR count). The van der Waals surface area contributed by atoms with E-state index in [1.807, 2.05) is 12.3 Å². The van der Waals surface area contributed by atoms with Gasteiger partial charge in [0.15, 0.2) is 0 Å². The van der Waals surface area contributed by atoms with E-state index in [9.17, 15) is 0 Å². The first-order valence-electron chi connectivity index (χ1n) is 11.6. The van der Waals surface area contributed by atoms with Gasteiger partial charge in [-0.05, 0) is 68.8 Å². The van der Waals surface area contributed by atoms with Crippen molar-refractivity contribution >= 4 is 0 Å². The minimum atomic E-state index is 0.290. The van der Waals surface area contributed by atoms with Crippen LogP contribution < -0.4 is 11.1 Å². The van der Waals surface area contributed by atoms with E-state index in [1.165, 1.54) is 29.7 Å². The first-order chi connectivity index (χ1) is 14.8. The molecule has 3 atom stereocenters. The summed E-state index contributed by atoms with van der Waals surface area (Å²) in [5.74, 6) is 0. The molecule has 5 heteroatoms.